The van der Waals surface area contributed by atoms with Gasteiger partial charge in [0.2, 0.25) is 11.6 Å². The number of nitro groups is 2. The number of carbonyl (C=O) groups is 1. The van der Waals surface area contributed by atoms with Gasteiger partial charge in [-0.1, -0.05) is 12.5 Å². The molecule has 0 aliphatic carbocycles. The molecular weight excluding hydrogens is 408 g/mol. The van der Waals surface area contributed by atoms with Gasteiger partial charge in [-0.3, -0.25) is 35.9 Å². The maximum atomic E-state index is 12.3. The highest BCUT2D eigenvalue weighted by Gasteiger charge is 2.24. The van der Waals surface area contributed by atoms with E-state index in [4.69, 9.17) is 0 Å². The fourth-order valence-corrected chi connectivity index (χ4v) is 3.24. The molecule has 3 N–H and O–H groups in total. The first-order valence-electron chi connectivity index (χ1n) is 9.72. The summed E-state index contributed by atoms with van der Waals surface area (Å²) in [6.07, 6.45) is 4.65. The van der Waals surface area contributed by atoms with Gasteiger partial charge in [-0.2, -0.15) is 0 Å². The average molecular weight is 430 g/mol. The largest absolute Gasteiger partial charge is 0.363 e. The maximum Gasteiger partial charge on any atom is 0.354 e. The summed E-state index contributed by atoms with van der Waals surface area (Å²) in [5.74, 6) is -0.889. The van der Waals surface area contributed by atoms with Crippen LogP contribution in [0.5, 0.6) is 0 Å². The van der Waals surface area contributed by atoms with Crippen LogP contribution in [0.2, 0.25) is 0 Å². The molecule has 31 heavy (non-hydrogen) atoms. The van der Waals surface area contributed by atoms with E-state index < -0.39 is 21.4 Å². The third-order valence-corrected chi connectivity index (χ3v) is 4.79. The number of benzene rings is 1. The van der Waals surface area contributed by atoms with Crippen LogP contribution in [-0.4, -0.2) is 56.8 Å². The number of aromatic nitrogens is 2. The number of nitrogens with one attached hydrogen (secondary N) is 3. The smallest absolute Gasteiger partial charge is 0.354 e. The first-order chi connectivity index (χ1) is 15.0. The van der Waals surface area contributed by atoms with E-state index in [-0.39, 0.29) is 22.9 Å². The standard InChI is InChI=1S/C18H22N8O5/c27-18(13-5-4-6-14(11-13)25(28)29)23-22-17-15(26(30)31)16(20-12-21-17)19-7-10-24-8-2-1-3-9-24/h4-6,11-12H,1-3,7-10H2,(H,23,27)(H2,19,20,21,22). The van der Waals surface area contributed by atoms with Crippen LogP contribution < -0.4 is 16.2 Å². The normalized spacial score (nSPS) is 13.9. The fourth-order valence-electron chi connectivity index (χ4n) is 3.24. The predicted octanol–water partition coefficient (Wildman–Crippen LogP) is 1.95. The Morgan fingerprint density at radius 1 is 1.06 bits per heavy atom. The molecular formula is C18H22N8O5. The molecule has 0 unspecified atom stereocenters. The van der Waals surface area contributed by atoms with Crippen molar-refractivity contribution in [2.45, 2.75) is 19.3 Å². The van der Waals surface area contributed by atoms with Crippen LogP contribution in [0.25, 0.3) is 0 Å². The Bertz CT molecular complexity index is 964. The summed E-state index contributed by atoms with van der Waals surface area (Å²) < 4.78 is 0. The molecule has 164 valence electrons. The van der Waals surface area contributed by atoms with Crippen LogP contribution in [0.3, 0.4) is 0 Å². The molecule has 0 bridgehead atoms. The van der Waals surface area contributed by atoms with E-state index in [0.717, 1.165) is 44.9 Å². The molecule has 1 saturated heterocycles. The number of likely N-dealkylation sites (tertiary alicyclic amines) is 1. The summed E-state index contributed by atoms with van der Waals surface area (Å²) >= 11 is 0. The van der Waals surface area contributed by atoms with E-state index in [1.807, 2.05) is 0 Å². The zero-order chi connectivity index (χ0) is 22.2. The molecule has 1 aromatic heterocycles. The van der Waals surface area contributed by atoms with Crippen LogP contribution in [-0.2, 0) is 0 Å². The molecule has 13 heteroatoms. The van der Waals surface area contributed by atoms with Crippen molar-refractivity contribution in [1.82, 2.24) is 20.3 Å². The van der Waals surface area contributed by atoms with Crippen LogP contribution >= 0.6 is 0 Å². The summed E-state index contributed by atoms with van der Waals surface area (Å²) in [5.41, 5.74) is 4.03. The molecule has 2 heterocycles. The molecule has 13 nitrogen and oxygen atoms in total. The lowest BCUT2D eigenvalue weighted by Crippen LogP contribution is -2.34. The fraction of sp³-hybridized carbons (Fsp3) is 0.389. The van der Waals surface area contributed by atoms with Gasteiger partial charge in [-0.05, 0) is 32.0 Å². The number of hydrogen-bond acceptors (Lipinski definition) is 10. The summed E-state index contributed by atoms with van der Waals surface area (Å²) in [4.78, 5) is 43.5. The van der Waals surface area contributed by atoms with Gasteiger partial charge in [0.1, 0.15) is 6.33 Å². The topological polar surface area (TPSA) is 168 Å². The molecule has 1 aliphatic rings. The highest BCUT2D eigenvalue weighted by molar-refractivity contribution is 5.95. The number of amides is 1. The number of anilines is 2. The lowest BCUT2D eigenvalue weighted by Gasteiger charge is -2.26. The monoisotopic (exact) mass is 430 g/mol. The molecule has 3 rings (SSSR count). The summed E-state index contributed by atoms with van der Waals surface area (Å²) in [7, 11) is 0. The molecule has 0 atom stereocenters. The predicted molar refractivity (Wildman–Crippen MR) is 112 cm³/mol. The molecule has 0 spiro atoms. The second-order valence-corrected chi connectivity index (χ2v) is 6.89. The Balaban J connectivity index is 1.65. The van der Waals surface area contributed by atoms with Gasteiger partial charge in [0.05, 0.1) is 9.85 Å². The number of carbonyl (C=O) groups excluding carboxylic acids is 1. The van der Waals surface area contributed by atoms with Crippen molar-refractivity contribution >= 4 is 28.9 Å². The lowest BCUT2D eigenvalue weighted by atomic mass is 10.1. The molecule has 2 aromatic rings. The van der Waals surface area contributed by atoms with Crippen molar-refractivity contribution < 1.29 is 14.6 Å². The highest BCUT2D eigenvalue weighted by Crippen LogP contribution is 2.28. The average Bonchev–Trinajstić information content (AvgIpc) is 2.78. The van der Waals surface area contributed by atoms with Gasteiger partial charge in [-0.25, -0.2) is 9.97 Å². The van der Waals surface area contributed by atoms with Crippen molar-refractivity contribution in [2.75, 3.05) is 36.9 Å². The third kappa shape index (κ3) is 5.82. The van der Waals surface area contributed by atoms with E-state index in [0.29, 0.717) is 6.54 Å². The van der Waals surface area contributed by atoms with E-state index in [1.165, 1.54) is 24.6 Å². The highest BCUT2D eigenvalue weighted by atomic mass is 16.6. The van der Waals surface area contributed by atoms with E-state index in [2.05, 4.69) is 31.0 Å². The zero-order valence-corrected chi connectivity index (χ0v) is 16.6. The Morgan fingerprint density at radius 3 is 2.52 bits per heavy atom. The SMILES string of the molecule is O=C(NNc1ncnc(NCCN2CCCCC2)c1[N+](=O)[O-])c1cccc([N+](=O)[O-])c1. The first-order valence-corrected chi connectivity index (χ1v) is 9.72. The van der Waals surface area contributed by atoms with Gasteiger partial charge >= 0.3 is 5.69 Å². The van der Waals surface area contributed by atoms with Gasteiger partial charge in [0, 0.05) is 30.8 Å². The number of piperidine rings is 1. The summed E-state index contributed by atoms with van der Waals surface area (Å²) in [6.45, 7) is 3.21. The van der Waals surface area contributed by atoms with Crippen molar-refractivity contribution in [1.29, 1.82) is 0 Å². The number of nitrogens with zero attached hydrogens (tertiary/aromatic N) is 5. The Hall–Kier alpha value is -3.87. The van der Waals surface area contributed by atoms with Crippen LogP contribution in [0.15, 0.2) is 30.6 Å². The van der Waals surface area contributed by atoms with E-state index in [9.17, 15) is 25.0 Å². The molecule has 0 radical (unpaired) electrons. The first kappa shape index (κ1) is 21.8. The number of hydrogen-bond donors (Lipinski definition) is 3. The molecule has 1 aromatic carbocycles. The van der Waals surface area contributed by atoms with Gasteiger partial charge in [-0.15, -0.1) is 0 Å². The number of rotatable bonds is 9. The minimum absolute atomic E-state index is 0.0123. The Labute approximate surface area is 177 Å². The molecule has 0 saturated carbocycles. The molecule has 1 amide bonds. The number of nitro benzene ring substituents is 1. The molecule has 1 aliphatic heterocycles. The second-order valence-electron chi connectivity index (χ2n) is 6.89. The Kier molecular flexibility index (Phi) is 7.22. The maximum absolute atomic E-state index is 12.3. The lowest BCUT2D eigenvalue weighted by molar-refractivity contribution is -0.384. The summed E-state index contributed by atoms with van der Waals surface area (Å²) in [6, 6.07) is 5.09. The number of non-ortho nitro benzene ring substituents is 1. The van der Waals surface area contributed by atoms with Crippen molar-refractivity contribution in [3.05, 3.63) is 56.4 Å². The van der Waals surface area contributed by atoms with E-state index in [1.54, 1.807) is 0 Å². The van der Waals surface area contributed by atoms with Crippen LogP contribution in [0, 0.1) is 20.2 Å². The zero-order valence-electron chi connectivity index (χ0n) is 16.6. The third-order valence-electron chi connectivity index (χ3n) is 4.79. The van der Waals surface area contributed by atoms with Crippen molar-refractivity contribution in [3.8, 4) is 0 Å². The number of hydrazine groups is 1. The van der Waals surface area contributed by atoms with Crippen LogP contribution in [0.4, 0.5) is 23.0 Å². The van der Waals surface area contributed by atoms with E-state index >= 15 is 0 Å². The van der Waals surface area contributed by atoms with Gasteiger partial charge < -0.3 is 10.2 Å². The minimum Gasteiger partial charge on any atom is -0.363 e. The quantitative estimate of drug-likeness (QED) is 0.395. The molecule has 1 fully saturated rings. The van der Waals surface area contributed by atoms with Crippen molar-refractivity contribution in [2.24, 2.45) is 0 Å². The second kappa shape index (κ2) is 10.2. The van der Waals surface area contributed by atoms with Crippen LogP contribution in [0.1, 0.15) is 29.6 Å². The van der Waals surface area contributed by atoms with Gasteiger partial charge in [0.15, 0.2) is 0 Å². The summed E-state index contributed by atoms with van der Waals surface area (Å²) in [5, 5.41) is 25.4. The van der Waals surface area contributed by atoms with Gasteiger partial charge in [0.25, 0.3) is 11.6 Å². The Morgan fingerprint density at radius 2 is 1.81 bits per heavy atom. The minimum atomic E-state index is -0.712. The van der Waals surface area contributed by atoms with Crippen molar-refractivity contribution in [3.63, 3.8) is 0 Å².